The van der Waals surface area contributed by atoms with Crippen LogP contribution in [0.3, 0.4) is 0 Å². The molecule has 6 nitrogen and oxygen atoms in total. The fourth-order valence-corrected chi connectivity index (χ4v) is 3.41. The molecule has 0 radical (unpaired) electrons. The molecular weight excluding hydrogens is 378 g/mol. The van der Waals surface area contributed by atoms with Crippen molar-refractivity contribution in [2.24, 2.45) is 0 Å². The first kappa shape index (κ1) is 21.3. The minimum absolute atomic E-state index is 0.262. The van der Waals surface area contributed by atoms with E-state index in [1.165, 1.54) is 12.2 Å². The minimum atomic E-state index is -0.450. The summed E-state index contributed by atoms with van der Waals surface area (Å²) in [5, 5.41) is 3.67. The van der Waals surface area contributed by atoms with E-state index in [2.05, 4.69) is 29.0 Å². The van der Waals surface area contributed by atoms with Gasteiger partial charge in [0.2, 0.25) is 5.91 Å². The van der Waals surface area contributed by atoms with Gasteiger partial charge in [-0.25, -0.2) is 4.79 Å². The van der Waals surface area contributed by atoms with Gasteiger partial charge in [0.05, 0.1) is 5.56 Å². The third-order valence-electron chi connectivity index (χ3n) is 5.13. The Labute approximate surface area is 176 Å². The predicted molar refractivity (Wildman–Crippen MR) is 121 cm³/mol. The van der Waals surface area contributed by atoms with Crippen LogP contribution in [0.25, 0.3) is 17.0 Å². The Morgan fingerprint density at radius 1 is 1.20 bits per heavy atom. The lowest BCUT2D eigenvalue weighted by Gasteiger charge is -2.21. The Morgan fingerprint density at radius 3 is 2.70 bits per heavy atom. The number of rotatable bonds is 8. The van der Waals surface area contributed by atoms with Gasteiger partial charge in [-0.3, -0.25) is 9.78 Å². The molecule has 1 amide bonds. The lowest BCUT2D eigenvalue weighted by Crippen LogP contribution is -2.24. The maximum absolute atomic E-state index is 12.5. The number of carbonyl (C=O) groups is 1. The molecule has 6 heteroatoms. The highest BCUT2D eigenvalue weighted by Crippen LogP contribution is 2.25. The van der Waals surface area contributed by atoms with Gasteiger partial charge in [0, 0.05) is 61.2 Å². The van der Waals surface area contributed by atoms with Gasteiger partial charge < -0.3 is 14.6 Å². The van der Waals surface area contributed by atoms with E-state index in [0.717, 1.165) is 35.4 Å². The van der Waals surface area contributed by atoms with Gasteiger partial charge in [-0.05, 0) is 56.7 Å². The van der Waals surface area contributed by atoms with Crippen LogP contribution in [0.1, 0.15) is 30.7 Å². The molecule has 0 bridgehead atoms. The van der Waals surface area contributed by atoms with Gasteiger partial charge in [-0.15, -0.1) is 0 Å². The fourth-order valence-electron chi connectivity index (χ4n) is 3.41. The number of amides is 1. The third-order valence-corrected chi connectivity index (χ3v) is 5.13. The molecule has 0 saturated heterocycles. The molecule has 156 valence electrons. The summed E-state index contributed by atoms with van der Waals surface area (Å²) in [7, 11) is 0. The van der Waals surface area contributed by atoms with Crippen LogP contribution in [0.2, 0.25) is 0 Å². The molecule has 0 fully saturated rings. The summed E-state index contributed by atoms with van der Waals surface area (Å²) in [6, 6.07) is 11.6. The Hall–Kier alpha value is -3.41. The van der Waals surface area contributed by atoms with Gasteiger partial charge in [0.25, 0.3) is 0 Å². The number of aryl methyl sites for hydroxylation is 1. The Balaban J connectivity index is 1.74. The Morgan fingerprint density at radius 2 is 2.00 bits per heavy atom. The van der Waals surface area contributed by atoms with Gasteiger partial charge >= 0.3 is 5.63 Å². The van der Waals surface area contributed by atoms with Crippen molar-refractivity contribution in [3.05, 3.63) is 75.9 Å². The van der Waals surface area contributed by atoms with Crippen LogP contribution >= 0.6 is 0 Å². The van der Waals surface area contributed by atoms with Crippen molar-refractivity contribution in [2.75, 3.05) is 24.5 Å². The lowest BCUT2D eigenvalue weighted by atomic mass is 10.0. The van der Waals surface area contributed by atoms with Crippen molar-refractivity contribution >= 4 is 28.6 Å². The molecule has 0 aliphatic rings. The zero-order chi connectivity index (χ0) is 21.5. The molecule has 0 saturated carbocycles. The van der Waals surface area contributed by atoms with Crippen molar-refractivity contribution in [2.45, 2.75) is 27.2 Å². The van der Waals surface area contributed by atoms with E-state index in [9.17, 15) is 9.59 Å². The number of aromatic nitrogens is 1. The van der Waals surface area contributed by atoms with Crippen molar-refractivity contribution < 1.29 is 9.21 Å². The fraction of sp³-hybridized carbons (Fsp3) is 0.292. The first-order valence-corrected chi connectivity index (χ1v) is 10.2. The number of hydrogen-bond donors (Lipinski definition) is 1. The SMILES string of the molecule is CCN(CC)c1ccc2c(C)c(/C=C/C(=O)NCCc3ccccn3)c(=O)oc2c1. The number of pyridine rings is 1. The summed E-state index contributed by atoms with van der Waals surface area (Å²) >= 11 is 0. The van der Waals surface area contributed by atoms with E-state index in [1.54, 1.807) is 6.20 Å². The van der Waals surface area contributed by atoms with Crippen LogP contribution < -0.4 is 15.8 Å². The minimum Gasteiger partial charge on any atom is -0.422 e. The second-order valence-corrected chi connectivity index (χ2v) is 6.98. The van der Waals surface area contributed by atoms with E-state index < -0.39 is 5.63 Å². The monoisotopic (exact) mass is 405 g/mol. The maximum Gasteiger partial charge on any atom is 0.343 e. The summed E-state index contributed by atoms with van der Waals surface area (Å²) in [5.74, 6) is -0.262. The van der Waals surface area contributed by atoms with Crippen molar-refractivity contribution in [3.8, 4) is 0 Å². The summed E-state index contributed by atoms with van der Waals surface area (Å²) in [6.45, 7) is 8.27. The lowest BCUT2D eigenvalue weighted by molar-refractivity contribution is -0.116. The molecule has 3 rings (SSSR count). The number of anilines is 1. The average Bonchev–Trinajstić information content (AvgIpc) is 2.75. The molecule has 2 aromatic heterocycles. The van der Waals surface area contributed by atoms with Crippen LogP contribution in [-0.2, 0) is 11.2 Å². The van der Waals surface area contributed by atoms with Gasteiger partial charge in [0.1, 0.15) is 5.58 Å². The molecule has 0 aliphatic heterocycles. The van der Waals surface area contributed by atoms with Crippen LogP contribution in [-0.4, -0.2) is 30.5 Å². The van der Waals surface area contributed by atoms with Crippen LogP contribution in [0.4, 0.5) is 5.69 Å². The third kappa shape index (κ3) is 4.95. The number of hydrogen-bond acceptors (Lipinski definition) is 5. The highest BCUT2D eigenvalue weighted by molar-refractivity contribution is 5.93. The summed E-state index contributed by atoms with van der Waals surface area (Å²) < 4.78 is 5.55. The second-order valence-electron chi connectivity index (χ2n) is 6.98. The number of fused-ring (bicyclic) bond motifs is 1. The standard InChI is InChI=1S/C24H27N3O3/c1-4-27(5-2)19-9-10-20-17(3)21(24(29)30-22(20)16-19)11-12-23(28)26-15-13-18-8-6-7-14-25-18/h6-12,14,16H,4-5,13,15H2,1-3H3,(H,26,28)/b12-11+. The molecule has 0 spiro atoms. The molecule has 30 heavy (non-hydrogen) atoms. The topological polar surface area (TPSA) is 75.4 Å². The molecule has 0 unspecified atom stereocenters. The number of nitrogens with one attached hydrogen (secondary N) is 1. The van der Waals surface area contributed by atoms with Gasteiger partial charge in [-0.2, -0.15) is 0 Å². The van der Waals surface area contributed by atoms with Crippen molar-refractivity contribution in [3.63, 3.8) is 0 Å². The first-order valence-electron chi connectivity index (χ1n) is 10.2. The Kier molecular flexibility index (Phi) is 7.01. The molecule has 1 N–H and O–H groups in total. The molecule has 0 aliphatic carbocycles. The summed E-state index contributed by atoms with van der Waals surface area (Å²) in [5.41, 5.74) is 3.22. The van der Waals surface area contributed by atoms with E-state index in [0.29, 0.717) is 24.1 Å². The molecule has 2 heterocycles. The Bertz CT molecular complexity index is 1100. The van der Waals surface area contributed by atoms with E-state index in [1.807, 2.05) is 43.3 Å². The van der Waals surface area contributed by atoms with Crippen molar-refractivity contribution in [1.82, 2.24) is 10.3 Å². The van der Waals surface area contributed by atoms with E-state index in [4.69, 9.17) is 4.42 Å². The first-order chi connectivity index (χ1) is 14.5. The average molecular weight is 405 g/mol. The predicted octanol–water partition coefficient (Wildman–Crippen LogP) is 3.71. The van der Waals surface area contributed by atoms with Crippen molar-refractivity contribution in [1.29, 1.82) is 0 Å². The summed E-state index contributed by atoms with van der Waals surface area (Å²) in [4.78, 5) is 31.1. The van der Waals surface area contributed by atoms with E-state index in [-0.39, 0.29) is 5.91 Å². The molecule has 3 aromatic rings. The summed E-state index contributed by atoms with van der Waals surface area (Å²) in [6.07, 6.45) is 5.26. The number of benzene rings is 1. The quantitative estimate of drug-likeness (QED) is 0.457. The second kappa shape index (κ2) is 9.87. The van der Waals surface area contributed by atoms with Crippen LogP contribution in [0.5, 0.6) is 0 Å². The molecule has 1 aromatic carbocycles. The van der Waals surface area contributed by atoms with Gasteiger partial charge in [-0.1, -0.05) is 6.07 Å². The van der Waals surface area contributed by atoms with E-state index >= 15 is 0 Å². The molecule has 0 atom stereocenters. The maximum atomic E-state index is 12.5. The molecular formula is C24H27N3O3. The number of carbonyl (C=O) groups excluding carboxylic acids is 1. The zero-order valence-corrected chi connectivity index (χ0v) is 17.6. The van der Waals surface area contributed by atoms with Gasteiger partial charge in [0.15, 0.2) is 0 Å². The normalized spacial score (nSPS) is 11.2. The highest BCUT2D eigenvalue weighted by atomic mass is 16.4. The van der Waals surface area contributed by atoms with Crippen LogP contribution in [0.15, 0.2) is 57.9 Å². The highest BCUT2D eigenvalue weighted by Gasteiger charge is 2.11. The smallest absolute Gasteiger partial charge is 0.343 e. The zero-order valence-electron chi connectivity index (χ0n) is 17.6. The number of nitrogens with zero attached hydrogens (tertiary/aromatic N) is 2. The van der Waals surface area contributed by atoms with Crippen LogP contribution in [0, 0.1) is 6.92 Å². The largest absolute Gasteiger partial charge is 0.422 e.